The second kappa shape index (κ2) is 4.46. The molecule has 6 nitrogen and oxygen atoms in total. The molecule has 0 saturated heterocycles. The smallest absolute Gasteiger partial charge is 0.273 e. The fraction of sp³-hybridized carbons (Fsp3) is 0. The summed E-state index contributed by atoms with van der Waals surface area (Å²) in [6.45, 7) is 0. The molecule has 0 unspecified atom stereocenters. The van der Waals surface area contributed by atoms with E-state index in [1.807, 2.05) is 0 Å². The largest absolute Gasteiger partial charge is 0.315 e. The fourth-order valence-corrected chi connectivity index (χ4v) is 1.42. The summed E-state index contributed by atoms with van der Waals surface area (Å²) in [5.41, 5.74) is 0.460. The van der Waals surface area contributed by atoms with Crippen molar-refractivity contribution in [2.75, 3.05) is 5.32 Å². The minimum atomic E-state index is -0.420. The zero-order valence-electron chi connectivity index (χ0n) is 7.74. The van der Waals surface area contributed by atoms with Crippen LogP contribution in [-0.4, -0.2) is 26.1 Å². The molecule has 2 N–H and O–H groups in total. The molecule has 0 fully saturated rings. The van der Waals surface area contributed by atoms with Crippen molar-refractivity contribution in [3.8, 4) is 0 Å². The summed E-state index contributed by atoms with van der Waals surface area (Å²) in [5, 5.41) is 8.79. The van der Waals surface area contributed by atoms with E-state index in [-0.39, 0.29) is 21.7 Å². The quantitative estimate of drug-likeness (QED) is 0.804. The summed E-state index contributed by atoms with van der Waals surface area (Å²) in [7, 11) is 0. The molecule has 2 aromatic rings. The third-order valence-corrected chi connectivity index (χ3v) is 2.31. The summed E-state index contributed by atoms with van der Waals surface area (Å²) in [6.07, 6.45) is 2.66. The average molecular weight is 258 g/mol. The number of hydrogen-bond donors (Lipinski definition) is 2. The minimum Gasteiger partial charge on any atom is -0.315 e. The van der Waals surface area contributed by atoms with Crippen LogP contribution in [0, 0.1) is 0 Å². The van der Waals surface area contributed by atoms with E-state index in [2.05, 4.69) is 25.5 Å². The molecule has 0 aliphatic rings. The van der Waals surface area contributed by atoms with Crippen LogP contribution in [0.5, 0.6) is 0 Å². The Labute approximate surface area is 100 Å². The van der Waals surface area contributed by atoms with Crippen LogP contribution >= 0.6 is 23.2 Å². The number of carbonyl (C=O) groups excluding carboxylic acids is 1. The minimum absolute atomic E-state index is 0.0767. The molecule has 0 bridgehead atoms. The lowest BCUT2D eigenvalue weighted by atomic mass is 10.4. The highest BCUT2D eigenvalue weighted by Crippen LogP contribution is 2.25. The number of aromatic amines is 1. The lowest BCUT2D eigenvalue weighted by Gasteiger charge is -2.05. The molecule has 2 heterocycles. The third-order valence-electron chi connectivity index (χ3n) is 1.74. The summed E-state index contributed by atoms with van der Waals surface area (Å²) < 4.78 is 0. The Morgan fingerprint density at radius 1 is 1.31 bits per heavy atom. The molecule has 0 radical (unpaired) electrons. The van der Waals surface area contributed by atoms with Crippen LogP contribution in [0.15, 0.2) is 18.6 Å². The molecule has 16 heavy (non-hydrogen) atoms. The highest BCUT2D eigenvalue weighted by atomic mass is 35.5. The van der Waals surface area contributed by atoms with Crippen molar-refractivity contribution in [1.29, 1.82) is 0 Å². The molecule has 0 aromatic carbocycles. The molecule has 8 heteroatoms. The van der Waals surface area contributed by atoms with Gasteiger partial charge >= 0.3 is 0 Å². The molecule has 0 spiro atoms. The molecule has 1 amide bonds. The van der Waals surface area contributed by atoms with Gasteiger partial charge < -0.3 is 5.32 Å². The predicted octanol–water partition coefficient (Wildman–Crippen LogP) is 1.76. The monoisotopic (exact) mass is 257 g/mol. The Balaban J connectivity index is 2.25. The number of hydrogen-bond acceptors (Lipinski definition) is 4. The first-order valence-electron chi connectivity index (χ1n) is 4.15. The summed E-state index contributed by atoms with van der Waals surface area (Å²) in [4.78, 5) is 19.0. The van der Waals surface area contributed by atoms with E-state index in [9.17, 15) is 4.79 Å². The van der Waals surface area contributed by atoms with Gasteiger partial charge in [-0.1, -0.05) is 23.2 Å². The van der Waals surface area contributed by atoms with Crippen LogP contribution in [0.4, 0.5) is 5.69 Å². The number of amides is 1. The topological polar surface area (TPSA) is 83.6 Å². The lowest BCUT2D eigenvalue weighted by Crippen LogP contribution is -2.13. The van der Waals surface area contributed by atoms with Crippen molar-refractivity contribution < 1.29 is 4.79 Å². The van der Waals surface area contributed by atoms with Crippen molar-refractivity contribution in [2.24, 2.45) is 0 Å². The molecule has 82 valence electrons. The summed E-state index contributed by atoms with van der Waals surface area (Å²) in [6, 6.07) is 1.51. The van der Waals surface area contributed by atoms with E-state index < -0.39 is 5.91 Å². The lowest BCUT2D eigenvalue weighted by molar-refractivity contribution is 0.102. The number of nitrogens with one attached hydrogen (secondary N) is 2. The van der Waals surface area contributed by atoms with Gasteiger partial charge in [0.2, 0.25) is 0 Å². The second-order valence-electron chi connectivity index (χ2n) is 2.75. The molecule has 0 saturated carbocycles. The van der Waals surface area contributed by atoms with Crippen LogP contribution in [0.3, 0.4) is 0 Å². The molecule has 0 aliphatic carbocycles. The van der Waals surface area contributed by atoms with Gasteiger partial charge in [0.1, 0.15) is 17.7 Å². The molecule has 0 atom stereocenters. The van der Waals surface area contributed by atoms with Crippen LogP contribution in [0.2, 0.25) is 10.3 Å². The zero-order valence-corrected chi connectivity index (χ0v) is 9.25. The first kappa shape index (κ1) is 10.8. The normalized spacial score (nSPS) is 10.1. The Morgan fingerprint density at radius 3 is 2.56 bits per heavy atom. The van der Waals surface area contributed by atoms with E-state index >= 15 is 0 Å². The van der Waals surface area contributed by atoms with E-state index in [1.165, 1.54) is 18.6 Å². The summed E-state index contributed by atoms with van der Waals surface area (Å²) >= 11 is 11.5. The van der Waals surface area contributed by atoms with Crippen molar-refractivity contribution in [1.82, 2.24) is 20.2 Å². The van der Waals surface area contributed by atoms with Gasteiger partial charge in [-0.2, -0.15) is 5.10 Å². The first-order valence-corrected chi connectivity index (χ1v) is 4.91. The molecular formula is C8H5Cl2N5O. The third kappa shape index (κ3) is 2.12. The summed E-state index contributed by atoms with van der Waals surface area (Å²) in [5.74, 6) is -0.420. The number of rotatable bonds is 2. The van der Waals surface area contributed by atoms with Crippen molar-refractivity contribution in [3.05, 3.63) is 34.6 Å². The highest BCUT2D eigenvalue weighted by Gasteiger charge is 2.13. The van der Waals surface area contributed by atoms with Crippen molar-refractivity contribution in [2.45, 2.75) is 0 Å². The van der Waals surface area contributed by atoms with E-state index in [4.69, 9.17) is 23.2 Å². The number of halogens is 2. The van der Waals surface area contributed by atoms with Gasteiger partial charge in [0.05, 0.1) is 0 Å². The van der Waals surface area contributed by atoms with Crippen molar-refractivity contribution >= 4 is 34.8 Å². The first-order chi connectivity index (χ1) is 7.68. The Hall–Kier alpha value is -1.66. The maximum atomic E-state index is 11.6. The Kier molecular flexibility index (Phi) is 3.02. The van der Waals surface area contributed by atoms with Crippen molar-refractivity contribution in [3.63, 3.8) is 0 Å². The van der Waals surface area contributed by atoms with Crippen LogP contribution in [0.1, 0.15) is 10.5 Å². The van der Waals surface area contributed by atoms with E-state index in [1.54, 1.807) is 0 Å². The van der Waals surface area contributed by atoms with Gasteiger partial charge in [-0.3, -0.25) is 9.89 Å². The van der Waals surface area contributed by atoms with Gasteiger partial charge in [0, 0.05) is 6.20 Å². The van der Waals surface area contributed by atoms with E-state index in [0.717, 1.165) is 0 Å². The van der Waals surface area contributed by atoms with Gasteiger partial charge in [0.25, 0.3) is 5.91 Å². The average Bonchev–Trinajstić information content (AvgIpc) is 2.76. The molecule has 2 aromatic heterocycles. The zero-order chi connectivity index (χ0) is 11.5. The number of nitrogens with zero attached hydrogens (tertiary/aromatic N) is 3. The number of aromatic nitrogens is 4. The maximum Gasteiger partial charge on any atom is 0.273 e. The standard InChI is InChI=1S/C8H5Cl2N5O/c9-6-5(7(10)12-3-11-6)14-8(16)4-1-2-13-15-4/h1-3H,(H,13,15)(H,14,16). The van der Waals surface area contributed by atoms with Crippen LogP contribution in [-0.2, 0) is 0 Å². The van der Waals surface area contributed by atoms with Gasteiger partial charge in [0.15, 0.2) is 10.3 Å². The van der Waals surface area contributed by atoms with E-state index in [0.29, 0.717) is 0 Å². The second-order valence-corrected chi connectivity index (χ2v) is 3.47. The molecular weight excluding hydrogens is 253 g/mol. The van der Waals surface area contributed by atoms with Crippen LogP contribution < -0.4 is 5.32 Å². The highest BCUT2D eigenvalue weighted by molar-refractivity contribution is 6.38. The van der Waals surface area contributed by atoms with Crippen LogP contribution in [0.25, 0.3) is 0 Å². The number of anilines is 1. The fourth-order valence-electron chi connectivity index (χ4n) is 1.01. The Morgan fingerprint density at radius 2 is 2.00 bits per heavy atom. The molecule has 2 rings (SSSR count). The Bertz CT molecular complexity index is 493. The molecule has 0 aliphatic heterocycles. The van der Waals surface area contributed by atoms with Gasteiger partial charge in [-0.05, 0) is 6.07 Å². The maximum absolute atomic E-state index is 11.6. The van der Waals surface area contributed by atoms with Gasteiger partial charge in [-0.25, -0.2) is 9.97 Å². The van der Waals surface area contributed by atoms with Gasteiger partial charge in [-0.15, -0.1) is 0 Å². The SMILES string of the molecule is O=C(Nc1c(Cl)ncnc1Cl)c1ccn[nH]1. The predicted molar refractivity (Wildman–Crippen MR) is 58.6 cm³/mol. The number of H-pyrrole nitrogens is 1. The number of carbonyl (C=O) groups is 1.